The van der Waals surface area contributed by atoms with Gasteiger partial charge in [-0.3, -0.25) is 0 Å². The molecule has 2 unspecified atom stereocenters. The molecule has 2 atom stereocenters. The van der Waals surface area contributed by atoms with E-state index in [9.17, 15) is 4.79 Å². The topological polar surface area (TPSA) is 63.6 Å². The van der Waals surface area contributed by atoms with Gasteiger partial charge in [-0.05, 0) is 32.0 Å². The summed E-state index contributed by atoms with van der Waals surface area (Å²) < 4.78 is 16.8. The number of urea groups is 1. The average molecular weight is 414 g/mol. The van der Waals surface area contributed by atoms with E-state index in [-0.39, 0.29) is 24.0 Å². The molecule has 1 aromatic carbocycles. The number of hydrogen-bond acceptors (Lipinski definition) is 5. The third kappa shape index (κ3) is 4.15. The van der Waals surface area contributed by atoms with Gasteiger partial charge < -0.3 is 24.0 Å². The van der Waals surface area contributed by atoms with Crippen molar-refractivity contribution in [3.05, 3.63) is 42.0 Å². The van der Waals surface area contributed by atoms with Gasteiger partial charge in [-0.2, -0.15) is 0 Å². The maximum absolute atomic E-state index is 12.4. The fourth-order valence-electron chi connectivity index (χ4n) is 3.59. The van der Waals surface area contributed by atoms with Crippen molar-refractivity contribution in [2.75, 3.05) is 34.4 Å². The van der Waals surface area contributed by atoms with Gasteiger partial charge in [0.25, 0.3) is 0 Å². The molecule has 0 saturated carbocycles. The summed E-state index contributed by atoms with van der Waals surface area (Å²) in [5, 5.41) is 0. The summed E-state index contributed by atoms with van der Waals surface area (Å²) in [7, 11) is 5.03. The van der Waals surface area contributed by atoms with Gasteiger partial charge in [0.15, 0.2) is 11.5 Å². The van der Waals surface area contributed by atoms with Crippen LogP contribution in [0.5, 0.6) is 11.5 Å². The molecule has 0 aliphatic carbocycles. The van der Waals surface area contributed by atoms with Crippen LogP contribution in [-0.2, 0) is 4.74 Å². The fraction of sp³-hybridized carbons (Fsp3) is 0.478. The Morgan fingerprint density at radius 1 is 1.23 bits per heavy atom. The van der Waals surface area contributed by atoms with Crippen LogP contribution in [0.1, 0.15) is 26.3 Å². The Balaban J connectivity index is 1.78. The SMILES string of the molecule is C=C1C(OCC2CN(C(C)C)C(=O)N2C)=NC(c2ccc(OC)c(OC)c2)=CC1C. The number of allylic oxidation sites excluding steroid dienone is 1. The summed E-state index contributed by atoms with van der Waals surface area (Å²) in [6.45, 7) is 11.3. The Morgan fingerprint density at radius 3 is 2.53 bits per heavy atom. The third-order valence-electron chi connectivity index (χ3n) is 5.67. The maximum atomic E-state index is 12.4. The van der Waals surface area contributed by atoms with E-state index in [2.05, 4.69) is 19.6 Å². The summed E-state index contributed by atoms with van der Waals surface area (Å²) >= 11 is 0. The lowest BCUT2D eigenvalue weighted by Crippen LogP contribution is -2.35. The van der Waals surface area contributed by atoms with Crippen LogP contribution in [0.15, 0.2) is 41.4 Å². The van der Waals surface area contributed by atoms with Gasteiger partial charge in [0.2, 0.25) is 5.90 Å². The van der Waals surface area contributed by atoms with Crippen LogP contribution >= 0.6 is 0 Å². The number of hydrogen-bond donors (Lipinski definition) is 0. The number of rotatable bonds is 6. The van der Waals surface area contributed by atoms with Gasteiger partial charge in [0, 0.05) is 36.7 Å². The highest BCUT2D eigenvalue weighted by atomic mass is 16.5. The Bertz CT molecular complexity index is 890. The summed E-state index contributed by atoms with van der Waals surface area (Å²) in [5.74, 6) is 1.90. The van der Waals surface area contributed by atoms with Crippen LogP contribution < -0.4 is 9.47 Å². The van der Waals surface area contributed by atoms with Crippen molar-refractivity contribution >= 4 is 17.6 Å². The Kier molecular flexibility index (Phi) is 6.39. The predicted molar refractivity (Wildman–Crippen MR) is 118 cm³/mol. The van der Waals surface area contributed by atoms with Crippen LogP contribution in [0.3, 0.4) is 0 Å². The van der Waals surface area contributed by atoms with Crippen LogP contribution in [0.4, 0.5) is 4.79 Å². The molecule has 0 bridgehead atoms. The van der Waals surface area contributed by atoms with Crippen molar-refractivity contribution in [2.45, 2.75) is 32.9 Å². The van der Waals surface area contributed by atoms with E-state index in [1.807, 2.05) is 44.0 Å². The highest BCUT2D eigenvalue weighted by Crippen LogP contribution is 2.34. The lowest BCUT2D eigenvalue weighted by atomic mass is 9.96. The average Bonchev–Trinajstić information content (AvgIpc) is 3.02. The normalized spacial score (nSPS) is 21.7. The number of aliphatic imine (C=N–C) groups is 1. The fourth-order valence-corrected chi connectivity index (χ4v) is 3.59. The van der Waals surface area contributed by atoms with E-state index in [0.717, 1.165) is 16.8 Å². The highest BCUT2D eigenvalue weighted by Gasteiger charge is 2.36. The molecule has 162 valence electrons. The molecule has 2 aliphatic rings. The smallest absolute Gasteiger partial charge is 0.320 e. The molecule has 1 aromatic rings. The Labute approximate surface area is 178 Å². The molecule has 30 heavy (non-hydrogen) atoms. The second-order valence-corrected chi connectivity index (χ2v) is 7.96. The number of carbonyl (C=O) groups is 1. The summed E-state index contributed by atoms with van der Waals surface area (Å²) in [5.41, 5.74) is 2.53. The first-order chi connectivity index (χ1) is 14.3. The Hall–Kier alpha value is -2.96. The summed E-state index contributed by atoms with van der Waals surface area (Å²) in [6.07, 6.45) is 2.06. The van der Waals surface area contributed by atoms with E-state index in [1.165, 1.54) is 0 Å². The van der Waals surface area contributed by atoms with Gasteiger partial charge in [0.1, 0.15) is 6.61 Å². The van der Waals surface area contributed by atoms with Gasteiger partial charge in [-0.15, -0.1) is 0 Å². The molecule has 2 heterocycles. The van der Waals surface area contributed by atoms with Crippen molar-refractivity contribution in [1.82, 2.24) is 9.80 Å². The van der Waals surface area contributed by atoms with E-state index in [1.54, 1.807) is 19.1 Å². The second-order valence-electron chi connectivity index (χ2n) is 7.96. The zero-order valence-corrected chi connectivity index (χ0v) is 18.6. The van der Waals surface area contributed by atoms with Crippen molar-refractivity contribution in [3.8, 4) is 11.5 Å². The Morgan fingerprint density at radius 2 is 1.93 bits per heavy atom. The predicted octanol–water partition coefficient (Wildman–Crippen LogP) is 3.81. The molecular formula is C23H31N3O4. The van der Waals surface area contributed by atoms with E-state index < -0.39 is 0 Å². The lowest BCUT2D eigenvalue weighted by molar-refractivity contribution is 0.179. The minimum absolute atomic E-state index is 0.0267. The molecule has 7 nitrogen and oxygen atoms in total. The summed E-state index contributed by atoms with van der Waals surface area (Å²) in [6, 6.07) is 5.86. The minimum Gasteiger partial charge on any atom is -0.493 e. The maximum Gasteiger partial charge on any atom is 0.320 e. The largest absolute Gasteiger partial charge is 0.493 e. The van der Waals surface area contributed by atoms with Crippen LogP contribution in [-0.4, -0.2) is 68.2 Å². The molecule has 2 amide bonds. The first-order valence-electron chi connectivity index (χ1n) is 10.1. The molecule has 0 aromatic heterocycles. The molecular weight excluding hydrogens is 382 g/mol. The molecule has 0 N–H and O–H groups in total. The lowest BCUT2D eigenvalue weighted by Gasteiger charge is -2.24. The zero-order valence-electron chi connectivity index (χ0n) is 18.6. The zero-order chi connectivity index (χ0) is 22.0. The number of likely N-dealkylation sites (N-methyl/N-ethyl adjacent to an activating group) is 1. The van der Waals surface area contributed by atoms with Crippen LogP contribution in [0.25, 0.3) is 5.70 Å². The molecule has 3 rings (SSSR count). The molecule has 1 fully saturated rings. The third-order valence-corrected chi connectivity index (χ3v) is 5.67. The molecule has 0 spiro atoms. The first kappa shape index (κ1) is 21.7. The minimum atomic E-state index is -0.0267. The number of methoxy groups -OCH3 is 2. The second kappa shape index (κ2) is 8.81. The number of amides is 2. The highest BCUT2D eigenvalue weighted by molar-refractivity contribution is 5.99. The van der Waals surface area contributed by atoms with E-state index in [0.29, 0.717) is 30.5 Å². The van der Waals surface area contributed by atoms with Crippen molar-refractivity contribution in [2.24, 2.45) is 10.9 Å². The van der Waals surface area contributed by atoms with E-state index >= 15 is 0 Å². The molecule has 1 saturated heterocycles. The number of nitrogens with zero attached hydrogens (tertiary/aromatic N) is 3. The quantitative estimate of drug-likeness (QED) is 0.711. The van der Waals surface area contributed by atoms with Gasteiger partial charge in [-0.1, -0.05) is 19.6 Å². The van der Waals surface area contributed by atoms with Crippen LogP contribution in [0.2, 0.25) is 0 Å². The van der Waals surface area contributed by atoms with Crippen LogP contribution in [0, 0.1) is 5.92 Å². The monoisotopic (exact) mass is 413 g/mol. The number of carbonyl (C=O) groups excluding carboxylic acids is 1. The van der Waals surface area contributed by atoms with Crippen molar-refractivity contribution < 1.29 is 19.0 Å². The molecule has 7 heteroatoms. The standard InChI is InChI=1S/C23H31N3O4/c1-14(2)26-12-18(25(5)23(26)27)13-30-22-16(4)15(3)10-19(24-22)17-8-9-20(28-6)21(11-17)29-7/h8-11,14-15,18H,4,12-13H2,1-3,5-7H3. The number of ether oxygens (including phenoxy) is 3. The number of benzene rings is 1. The van der Waals surface area contributed by atoms with Gasteiger partial charge >= 0.3 is 6.03 Å². The molecule has 2 aliphatic heterocycles. The molecule has 0 radical (unpaired) electrons. The van der Waals surface area contributed by atoms with Gasteiger partial charge in [0.05, 0.1) is 26.0 Å². The first-order valence-corrected chi connectivity index (χ1v) is 10.1. The van der Waals surface area contributed by atoms with Crippen molar-refractivity contribution in [3.63, 3.8) is 0 Å². The summed E-state index contributed by atoms with van der Waals surface area (Å²) in [4.78, 5) is 20.7. The van der Waals surface area contributed by atoms with Crippen molar-refractivity contribution in [1.29, 1.82) is 0 Å². The van der Waals surface area contributed by atoms with Gasteiger partial charge in [-0.25, -0.2) is 9.79 Å². The van der Waals surface area contributed by atoms with E-state index in [4.69, 9.17) is 19.2 Å².